The van der Waals surface area contributed by atoms with Gasteiger partial charge < -0.3 is 10.1 Å². The minimum absolute atomic E-state index is 0.359. The number of aromatic nitrogens is 3. The predicted octanol–water partition coefficient (Wildman–Crippen LogP) is 7.49. The van der Waals surface area contributed by atoms with Gasteiger partial charge in [-0.3, -0.25) is 24.5 Å². The molecule has 7 aromatic rings. The zero-order valence-corrected chi connectivity index (χ0v) is 24.4. The van der Waals surface area contributed by atoms with Gasteiger partial charge in [-0.15, -0.1) is 11.3 Å². The Morgan fingerprint density at radius 2 is 1.67 bits per heavy atom. The molecular weight excluding hydrogens is 579 g/mol. The summed E-state index contributed by atoms with van der Waals surface area (Å²) in [5, 5.41) is 7.02. The van der Waals surface area contributed by atoms with Crippen molar-refractivity contribution < 1.29 is 14.3 Å². The van der Waals surface area contributed by atoms with Crippen LogP contribution in [0.2, 0.25) is 0 Å². The van der Waals surface area contributed by atoms with E-state index in [2.05, 4.69) is 15.3 Å². The smallest absolute Gasteiger partial charge is 0.261 e. The Morgan fingerprint density at radius 1 is 0.860 bits per heavy atom. The molecule has 3 aromatic carbocycles. The number of benzene rings is 3. The first-order valence-electron chi connectivity index (χ1n) is 13.4. The lowest BCUT2D eigenvalue weighted by Crippen LogP contribution is -2.41. The third-order valence-corrected chi connectivity index (χ3v) is 8.98. The van der Waals surface area contributed by atoms with E-state index in [-0.39, 0.29) is 11.8 Å². The molecule has 0 saturated heterocycles. The molecule has 2 amide bonds. The molecule has 0 spiro atoms. The quantitative estimate of drug-likeness (QED) is 0.203. The number of rotatable bonds is 7. The van der Waals surface area contributed by atoms with Crippen LogP contribution in [0.1, 0.15) is 21.3 Å². The first-order valence-corrected chi connectivity index (χ1v) is 15.1. The first kappa shape index (κ1) is 26.7. The Balaban J connectivity index is 1.36. The lowest BCUT2D eigenvalue weighted by Gasteiger charge is -2.28. The molecule has 0 aliphatic carbocycles. The van der Waals surface area contributed by atoms with Crippen molar-refractivity contribution in [3.8, 4) is 5.75 Å². The molecule has 0 fully saturated rings. The van der Waals surface area contributed by atoms with Crippen molar-refractivity contribution in [2.45, 2.75) is 6.04 Å². The van der Waals surface area contributed by atoms with Gasteiger partial charge >= 0.3 is 0 Å². The number of hydrogen-bond acceptors (Lipinski definition) is 8. The van der Waals surface area contributed by atoms with Gasteiger partial charge in [0.15, 0.2) is 11.2 Å². The van der Waals surface area contributed by atoms with E-state index in [0.717, 1.165) is 26.5 Å². The highest BCUT2D eigenvalue weighted by molar-refractivity contribution is 7.22. The van der Waals surface area contributed by atoms with Crippen LogP contribution in [0, 0.1) is 0 Å². The Bertz CT molecular complexity index is 2130. The molecule has 0 saturated carbocycles. The van der Waals surface area contributed by atoms with Crippen molar-refractivity contribution in [3.05, 3.63) is 119 Å². The molecule has 0 aliphatic rings. The summed E-state index contributed by atoms with van der Waals surface area (Å²) in [6.07, 6.45) is 3.34. The van der Waals surface area contributed by atoms with Gasteiger partial charge in [0.05, 0.1) is 40.2 Å². The normalized spacial score (nSPS) is 11.9. The Kier molecular flexibility index (Phi) is 6.98. The largest absolute Gasteiger partial charge is 0.497 e. The first-order chi connectivity index (χ1) is 21.1. The SMILES string of the molecule is COc1ccc2nc(N(C(=O)c3ccc4ncccc4c3)C(C(=O)Nc3cnc4ccccc4c3)c3cccs3)sc2c1. The fourth-order valence-electron chi connectivity index (χ4n) is 4.96. The van der Waals surface area contributed by atoms with Crippen LogP contribution in [0.5, 0.6) is 5.75 Å². The number of ether oxygens (including phenoxy) is 1. The Hall–Kier alpha value is -5.19. The molecule has 210 valence electrons. The number of carbonyl (C=O) groups is 2. The molecule has 0 aliphatic heterocycles. The van der Waals surface area contributed by atoms with Crippen LogP contribution in [0.15, 0.2) is 109 Å². The number of nitrogens with zero attached hydrogens (tertiary/aromatic N) is 4. The molecule has 0 radical (unpaired) electrons. The van der Waals surface area contributed by atoms with E-state index in [1.54, 1.807) is 31.6 Å². The van der Waals surface area contributed by atoms with Crippen LogP contribution in [0.4, 0.5) is 10.8 Å². The second-order valence-corrected chi connectivity index (χ2v) is 11.7. The molecule has 0 bridgehead atoms. The van der Waals surface area contributed by atoms with Gasteiger partial charge in [0.2, 0.25) is 0 Å². The van der Waals surface area contributed by atoms with Crippen molar-refractivity contribution in [3.63, 3.8) is 0 Å². The number of nitrogens with one attached hydrogen (secondary N) is 1. The van der Waals surface area contributed by atoms with Crippen molar-refractivity contribution in [1.82, 2.24) is 15.0 Å². The average molecular weight is 602 g/mol. The van der Waals surface area contributed by atoms with Crippen LogP contribution < -0.4 is 15.0 Å². The zero-order chi connectivity index (χ0) is 29.3. The Labute approximate surface area is 254 Å². The summed E-state index contributed by atoms with van der Waals surface area (Å²) < 4.78 is 6.25. The van der Waals surface area contributed by atoms with Crippen LogP contribution in [-0.4, -0.2) is 33.9 Å². The van der Waals surface area contributed by atoms with Gasteiger partial charge in [-0.05, 0) is 66.0 Å². The number of thiophene rings is 1. The van der Waals surface area contributed by atoms with Gasteiger partial charge in [0.1, 0.15) is 5.75 Å². The van der Waals surface area contributed by atoms with E-state index in [1.807, 2.05) is 84.2 Å². The molecular formula is C33H23N5O3S2. The highest BCUT2D eigenvalue weighted by atomic mass is 32.1. The Morgan fingerprint density at radius 3 is 2.53 bits per heavy atom. The predicted molar refractivity (Wildman–Crippen MR) is 172 cm³/mol. The summed E-state index contributed by atoms with van der Waals surface area (Å²) in [6.45, 7) is 0. The number of fused-ring (bicyclic) bond motifs is 3. The van der Waals surface area contributed by atoms with E-state index >= 15 is 0 Å². The number of amides is 2. The molecule has 43 heavy (non-hydrogen) atoms. The molecule has 1 atom stereocenters. The standard InChI is InChI=1S/C33H23N5O3S2/c1-41-24-11-13-27-29(18-24)43-33(37-27)38(32(40)22-10-12-26-20(16-22)7-4-14-34-26)30(28-9-5-15-42-28)31(39)36-23-17-21-6-2-3-8-25(21)35-19-23/h2-19,30H,1H3,(H,36,39). The summed E-state index contributed by atoms with van der Waals surface area (Å²) in [5.41, 5.74) is 3.24. The monoisotopic (exact) mass is 601 g/mol. The van der Waals surface area contributed by atoms with E-state index in [4.69, 9.17) is 9.72 Å². The zero-order valence-electron chi connectivity index (χ0n) is 22.8. The molecule has 4 heterocycles. The van der Waals surface area contributed by atoms with E-state index < -0.39 is 6.04 Å². The third-order valence-electron chi connectivity index (χ3n) is 7.04. The number of anilines is 2. The molecule has 1 unspecified atom stereocenters. The maximum absolute atomic E-state index is 14.5. The number of methoxy groups -OCH3 is 1. The maximum atomic E-state index is 14.5. The summed E-state index contributed by atoms with van der Waals surface area (Å²) >= 11 is 2.73. The van der Waals surface area contributed by atoms with Crippen molar-refractivity contribution in [1.29, 1.82) is 0 Å². The average Bonchev–Trinajstić information content (AvgIpc) is 3.73. The van der Waals surface area contributed by atoms with Crippen LogP contribution in [0.25, 0.3) is 32.0 Å². The van der Waals surface area contributed by atoms with E-state index in [9.17, 15) is 9.59 Å². The van der Waals surface area contributed by atoms with Gasteiger partial charge in [-0.25, -0.2) is 4.98 Å². The van der Waals surface area contributed by atoms with Crippen molar-refractivity contribution in [2.24, 2.45) is 0 Å². The number of hydrogen-bond donors (Lipinski definition) is 1. The number of para-hydroxylation sites is 1. The molecule has 10 heteroatoms. The van der Waals surface area contributed by atoms with Crippen LogP contribution >= 0.6 is 22.7 Å². The molecule has 8 nitrogen and oxygen atoms in total. The molecule has 1 N–H and O–H groups in total. The lowest BCUT2D eigenvalue weighted by molar-refractivity contribution is -0.117. The number of pyridine rings is 2. The number of thiazole rings is 1. The fourth-order valence-corrected chi connectivity index (χ4v) is 6.79. The van der Waals surface area contributed by atoms with Crippen molar-refractivity contribution >= 4 is 77.3 Å². The summed E-state index contributed by atoms with van der Waals surface area (Å²) in [6, 6.07) is 26.9. The lowest BCUT2D eigenvalue weighted by atomic mass is 10.1. The highest BCUT2D eigenvalue weighted by Crippen LogP contribution is 2.38. The van der Waals surface area contributed by atoms with Gasteiger partial charge in [0.25, 0.3) is 11.8 Å². The van der Waals surface area contributed by atoms with Crippen LogP contribution in [0.3, 0.4) is 0 Å². The molecule has 7 rings (SSSR count). The van der Waals surface area contributed by atoms with Gasteiger partial charge in [-0.2, -0.15) is 0 Å². The molecule has 4 aromatic heterocycles. The topological polar surface area (TPSA) is 97.3 Å². The second kappa shape index (κ2) is 11.2. The minimum atomic E-state index is -1.01. The van der Waals surface area contributed by atoms with Gasteiger partial charge in [-0.1, -0.05) is 41.7 Å². The van der Waals surface area contributed by atoms with E-state index in [1.165, 1.54) is 27.6 Å². The number of carbonyl (C=O) groups excluding carboxylic acids is 2. The van der Waals surface area contributed by atoms with Crippen LogP contribution in [-0.2, 0) is 4.79 Å². The fraction of sp³-hybridized carbons (Fsp3) is 0.0606. The highest BCUT2D eigenvalue weighted by Gasteiger charge is 2.36. The third kappa shape index (κ3) is 5.18. The van der Waals surface area contributed by atoms with Crippen molar-refractivity contribution in [2.75, 3.05) is 17.3 Å². The summed E-state index contributed by atoms with van der Waals surface area (Å²) in [7, 11) is 1.60. The minimum Gasteiger partial charge on any atom is -0.497 e. The van der Waals surface area contributed by atoms with Gasteiger partial charge in [0, 0.05) is 27.4 Å². The second-order valence-electron chi connectivity index (χ2n) is 9.74. The summed E-state index contributed by atoms with van der Waals surface area (Å²) in [4.78, 5) is 44.7. The maximum Gasteiger partial charge on any atom is 0.261 e. The summed E-state index contributed by atoms with van der Waals surface area (Å²) in [5.74, 6) is -0.0619. The van der Waals surface area contributed by atoms with E-state index in [0.29, 0.717) is 32.5 Å².